The molecule has 6 heteroatoms. The zero-order valence-corrected chi connectivity index (χ0v) is 14.0. The van der Waals surface area contributed by atoms with Crippen LogP contribution in [0.5, 0.6) is 0 Å². The van der Waals surface area contributed by atoms with Crippen LogP contribution in [0.2, 0.25) is 6.04 Å². The highest BCUT2D eigenvalue weighted by molar-refractivity contribution is 6.60. The maximum atomic E-state index is 5.44. The summed E-state index contributed by atoms with van der Waals surface area (Å²) in [4.78, 5) is 5.05. The molecule has 1 saturated heterocycles. The highest BCUT2D eigenvalue weighted by Crippen LogP contribution is 2.16. The summed E-state index contributed by atoms with van der Waals surface area (Å²) >= 11 is 0. The summed E-state index contributed by atoms with van der Waals surface area (Å²) in [6.45, 7) is 8.10. The van der Waals surface area contributed by atoms with E-state index >= 15 is 0 Å². The van der Waals surface area contributed by atoms with E-state index in [0.29, 0.717) is 0 Å². The van der Waals surface area contributed by atoms with E-state index in [2.05, 4.69) is 16.7 Å². The fourth-order valence-corrected chi connectivity index (χ4v) is 4.23. The van der Waals surface area contributed by atoms with Crippen LogP contribution in [0.3, 0.4) is 0 Å². The Balaban J connectivity index is 2.19. The Labute approximate surface area is 119 Å². The van der Waals surface area contributed by atoms with E-state index in [0.717, 1.165) is 25.7 Å². The third kappa shape index (κ3) is 5.49. The normalized spacial score (nSPS) is 18.3. The van der Waals surface area contributed by atoms with Gasteiger partial charge in [-0.05, 0) is 25.9 Å². The number of nitrogens with zero attached hydrogens (tertiary/aromatic N) is 2. The summed E-state index contributed by atoms with van der Waals surface area (Å²) in [5.41, 5.74) is 0. The Morgan fingerprint density at radius 2 is 1.42 bits per heavy atom. The van der Waals surface area contributed by atoms with Crippen molar-refractivity contribution < 1.29 is 13.3 Å². The third-order valence-electron chi connectivity index (χ3n) is 3.85. The van der Waals surface area contributed by atoms with E-state index in [1.54, 1.807) is 21.3 Å². The molecule has 0 aliphatic carbocycles. The molecular weight excluding hydrogens is 260 g/mol. The van der Waals surface area contributed by atoms with Gasteiger partial charge in [0.25, 0.3) is 0 Å². The zero-order valence-electron chi connectivity index (χ0n) is 13.0. The quantitative estimate of drug-likeness (QED) is 0.571. The largest absolute Gasteiger partial charge is 0.500 e. The van der Waals surface area contributed by atoms with Gasteiger partial charge in [0.05, 0.1) is 6.67 Å². The summed E-state index contributed by atoms with van der Waals surface area (Å²) in [7, 11) is 2.68. The SMILES string of the molecule is CCCCN1CCN(CCC[Si](OC)(OC)OC)C1. The van der Waals surface area contributed by atoms with Gasteiger partial charge in [-0.3, -0.25) is 9.80 Å². The summed E-state index contributed by atoms with van der Waals surface area (Å²) < 4.78 is 16.3. The average Bonchev–Trinajstić information content (AvgIpc) is 2.90. The van der Waals surface area contributed by atoms with Crippen molar-refractivity contribution in [1.82, 2.24) is 9.80 Å². The van der Waals surface area contributed by atoms with Gasteiger partial charge in [-0.15, -0.1) is 0 Å². The molecular formula is C13H30N2O3Si. The molecule has 1 aliphatic heterocycles. The second kappa shape index (κ2) is 9.04. The second-order valence-electron chi connectivity index (χ2n) is 5.13. The molecule has 0 aromatic rings. The first-order valence-electron chi connectivity index (χ1n) is 7.30. The standard InChI is InChI=1S/C13H30N2O3Si/c1-5-6-8-14-10-11-15(13-14)9-7-12-19(16-2,17-3)18-4/h5-13H2,1-4H3. The monoisotopic (exact) mass is 290 g/mol. The van der Waals surface area contributed by atoms with Crippen LogP contribution < -0.4 is 0 Å². The summed E-state index contributed by atoms with van der Waals surface area (Å²) in [5.74, 6) is 0. The Bertz CT molecular complexity index is 232. The smallest absolute Gasteiger partial charge is 0.377 e. The van der Waals surface area contributed by atoms with Gasteiger partial charge in [0.1, 0.15) is 0 Å². The minimum absolute atomic E-state index is 0.891. The summed E-state index contributed by atoms with van der Waals surface area (Å²) in [5, 5.41) is 0. The first-order chi connectivity index (χ1) is 9.19. The van der Waals surface area contributed by atoms with Crippen molar-refractivity contribution in [2.75, 3.05) is 54.2 Å². The maximum Gasteiger partial charge on any atom is 0.500 e. The molecule has 0 unspecified atom stereocenters. The van der Waals surface area contributed by atoms with Crippen LogP contribution in [-0.4, -0.2) is 72.8 Å². The number of rotatable bonds is 10. The predicted molar refractivity (Wildman–Crippen MR) is 79.1 cm³/mol. The molecule has 0 atom stereocenters. The highest BCUT2D eigenvalue weighted by Gasteiger charge is 2.37. The molecule has 5 nitrogen and oxygen atoms in total. The number of unbranched alkanes of at least 4 members (excludes halogenated alkanes) is 1. The lowest BCUT2D eigenvalue weighted by Crippen LogP contribution is -2.43. The lowest BCUT2D eigenvalue weighted by atomic mass is 10.3. The van der Waals surface area contributed by atoms with Crippen molar-refractivity contribution in [3.8, 4) is 0 Å². The molecule has 0 amide bonds. The molecule has 0 N–H and O–H groups in total. The fraction of sp³-hybridized carbons (Fsp3) is 1.00. The van der Waals surface area contributed by atoms with Crippen LogP contribution in [0, 0.1) is 0 Å². The Kier molecular flexibility index (Phi) is 8.13. The van der Waals surface area contributed by atoms with Gasteiger partial charge in [-0.25, -0.2) is 0 Å². The topological polar surface area (TPSA) is 34.2 Å². The molecule has 114 valence electrons. The van der Waals surface area contributed by atoms with E-state index in [4.69, 9.17) is 13.3 Å². The van der Waals surface area contributed by atoms with Gasteiger partial charge in [0.2, 0.25) is 0 Å². The molecule has 1 rings (SSSR count). The summed E-state index contributed by atoms with van der Waals surface area (Å²) in [6.07, 6.45) is 3.66. The minimum Gasteiger partial charge on any atom is -0.377 e. The molecule has 0 spiro atoms. The molecule has 1 aliphatic rings. The van der Waals surface area contributed by atoms with Crippen molar-refractivity contribution in [2.45, 2.75) is 32.2 Å². The van der Waals surface area contributed by atoms with Crippen LogP contribution in [0.1, 0.15) is 26.2 Å². The van der Waals surface area contributed by atoms with E-state index in [-0.39, 0.29) is 0 Å². The van der Waals surface area contributed by atoms with Gasteiger partial charge in [0, 0.05) is 40.5 Å². The van der Waals surface area contributed by atoms with E-state index < -0.39 is 8.80 Å². The van der Waals surface area contributed by atoms with E-state index in [9.17, 15) is 0 Å². The van der Waals surface area contributed by atoms with Crippen molar-refractivity contribution in [3.63, 3.8) is 0 Å². The first kappa shape index (κ1) is 17.1. The zero-order chi connectivity index (χ0) is 14.1. The third-order valence-corrected chi connectivity index (χ3v) is 6.68. The van der Waals surface area contributed by atoms with Gasteiger partial charge in [0.15, 0.2) is 0 Å². The summed E-state index contributed by atoms with van der Waals surface area (Å²) in [6, 6.07) is 0.891. The lowest BCUT2D eigenvalue weighted by molar-refractivity contribution is 0.121. The fourth-order valence-electron chi connectivity index (χ4n) is 2.53. The molecule has 19 heavy (non-hydrogen) atoms. The van der Waals surface area contributed by atoms with Crippen LogP contribution in [0.25, 0.3) is 0 Å². The predicted octanol–water partition coefficient (Wildman–Crippen LogP) is 1.63. The maximum absolute atomic E-state index is 5.44. The molecule has 0 saturated carbocycles. The van der Waals surface area contributed by atoms with Gasteiger partial charge < -0.3 is 13.3 Å². The molecule has 1 heterocycles. The molecule has 1 fully saturated rings. The number of hydrogen-bond acceptors (Lipinski definition) is 5. The first-order valence-corrected chi connectivity index (χ1v) is 9.23. The van der Waals surface area contributed by atoms with Gasteiger partial charge in [-0.2, -0.15) is 0 Å². The highest BCUT2D eigenvalue weighted by atomic mass is 28.4. The van der Waals surface area contributed by atoms with Crippen LogP contribution in [0.4, 0.5) is 0 Å². The molecule has 0 radical (unpaired) electrons. The molecule has 0 aromatic carbocycles. The van der Waals surface area contributed by atoms with Crippen molar-refractivity contribution in [1.29, 1.82) is 0 Å². The second-order valence-corrected chi connectivity index (χ2v) is 8.22. The molecule has 0 aromatic heterocycles. The lowest BCUT2D eigenvalue weighted by Gasteiger charge is -2.25. The van der Waals surface area contributed by atoms with Gasteiger partial charge in [-0.1, -0.05) is 13.3 Å². The van der Waals surface area contributed by atoms with Crippen LogP contribution in [0.15, 0.2) is 0 Å². The van der Waals surface area contributed by atoms with E-state index in [1.807, 2.05) is 0 Å². The average molecular weight is 290 g/mol. The Hall–Kier alpha value is 0.0169. The van der Waals surface area contributed by atoms with Gasteiger partial charge >= 0.3 is 8.80 Å². The van der Waals surface area contributed by atoms with Crippen LogP contribution >= 0.6 is 0 Å². The van der Waals surface area contributed by atoms with Crippen molar-refractivity contribution in [3.05, 3.63) is 0 Å². The Morgan fingerprint density at radius 3 is 1.89 bits per heavy atom. The van der Waals surface area contributed by atoms with E-state index in [1.165, 1.54) is 32.5 Å². The van der Waals surface area contributed by atoms with Crippen molar-refractivity contribution >= 4 is 8.80 Å². The van der Waals surface area contributed by atoms with Crippen LogP contribution in [-0.2, 0) is 13.3 Å². The van der Waals surface area contributed by atoms with Crippen molar-refractivity contribution in [2.24, 2.45) is 0 Å². The minimum atomic E-state index is -2.37. The molecule has 0 bridgehead atoms. The number of hydrogen-bond donors (Lipinski definition) is 0. The Morgan fingerprint density at radius 1 is 0.895 bits per heavy atom.